The SMILES string of the molecule is Nc1[nH]ncc1S(=O)(=O)N1CCN(C2CC2)CC1. The highest BCUT2D eigenvalue weighted by Gasteiger charge is 2.35. The third kappa shape index (κ3) is 2.00. The lowest BCUT2D eigenvalue weighted by atomic mass is 10.3. The average Bonchev–Trinajstić information content (AvgIpc) is 3.11. The Morgan fingerprint density at radius 3 is 2.44 bits per heavy atom. The topological polar surface area (TPSA) is 95.3 Å². The van der Waals surface area contributed by atoms with E-state index >= 15 is 0 Å². The van der Waals surface area contributed by atoms with Crippen LogP contribution in [0.4, 0.5) is 5.82 Å². The third-order valence-corrected chi connectivity index (χ3v) is 5.51. The minimum Gasteiger partial charge on any atom is -0.383 e. The summed E-state index contributed by atoms with van der Waals surface area (Å²) >= 11 is 0. The van der Waals surface area contributed by atoms with Gasteiger partial charge in [0.05, 0.1) is 6.20 Å². The highest BCUT2D eigenvalue weighted by molar-refractivity contribution is 7.89. The Morgan fingerprint density at radius 1 is 1.28 bits per heavy atom. The largest absolute Gasteiger partial charge is 0.383 e. The number of nitrogen functional groups attached to an aromatic ring is 1. The van der Waals surface area contributed by atoms with E-state index in [1.165, 1.54) is 23.3 Å². The van der Waals surface area contributed by atoms with Crippen LogP contribution in [-0.4, -0.2) is 60.0 Å². The molecule has 2 heterocycles. The first-order valence-corrected chi connectivity index (χ1v) is 7.56. The minimum absolute atomic E-state index is 0.0855. The van der Waals surface area contributed by atoms with Gasteiger partial charge in [0.15, 0.2) is 0 Å². The predicted molar refractivity (Wildman–Crippen MR) is 66.4 cm³/mol. The Bertz CT molecular complexity index is 528. The molecule has 1 saturated heterocycles. The molecule has 0 unspecified atom stereocenters. The van der Waals surface area contributed by atoms with Gasteiger partial charge in [-0.15, -0.1) is 0 Å². The highest BCUT2D eigenvalue weighted by Crippen LogP contribution is 2.29. The molecule has 3 N–H and O–H groups in total. The first kappa shape index (κ1) is 11.9. The number of H-pyrrole nitrogens is 1. The molecule has 100 valence electrons. The van der Waals surface area contributed by atoms with E-state index in [0.29, 0.717) is 19.1 Å². The second kappa shape index (κ2) is 4.22. The molecule has 3 rings (SSSR count). The number of piperazine rings is 1. The fourth-order valence-electron chi connectivity index (χ4n) is 2.38. The summed E-state index contributed by atoms with van der Waals surface area (Å²) in [4.78, 5) is 2.45. The lowest BCUT2D eigenvalue weighted by Gasteiger charge is -2.33. The van der Waals surface area contributed by atoms with Crippen LogP contribution in [0.5, 0.6) is 0 Å². The molecule has 7 nitrogen and oxygen atoms in total. The smallest absolute Gasteiger partial charge is 0.248 e. The number of rotatable bonds is 3. The Kier molecular flexibility index (Phi) is 2.80. The number of anilines is 1. The van der Waals surface area contributed by atoms with Crippen molar-refractivity contribution in [1.29, 1.82) is 0 Å². The number of aromatic nitrogens is 2. The predicted octanol–water partition coefficient (Wildman–Crippen LogP) is -0.539. The van der Waals surface area contributed by atoms with Crippen molar-refractivity contribution in [1.82, 2.24) is 19.4 Å². The summed E-state index contributed by atoms with van der Waals surface area (Å²) in [5.41, 5.74) is 5.58. The summed E-state index contributed by atoms with van der Waals surface area (Å²) in [6, 6.07) is 0.689. The first-order chi connectivity index (χ1) is 8.59. The van der Waals surface area contributed by atoms with Gasteiger partial charge in [0, 0.05) is 32.2 Å². The van der Waals surface area contributed by atoms with Gasteiger partial charge in [0.1, 0.15) is 10.7 Å². The molecule has 0 atom stereocenters. The summed E-state index contributed by atoms with van der Waals surface area (Å²) in [7, 11) is -3.49. The molecule has 8 heteroatoms. The van der Waals surface area contributed by atoms with E-state index in [1.54, 1.807) is 0 Å². The summed E-state index contributed by atoms with van der Waals surface area (Å²) in [6.45, 7) is 2.68. The molecule has 0 spiro atoms. The Morgan fingerprint density at radius 2 is 1.94 bits per heavy atom. The molecule has 2 fully saturated rings. The van der Waals surface area contributed by atoms with E-state index < -0.39 is 10.0 Å². The molecule has 0 radical (unpaired) electrons. The van der Waals surface area contributed by atoms with Gasteiger partial charge in [0.25, 0.3) is 0 Å². The van der Waals surface area contributed by atoms with E-state index in [4.69, 9.17) is 5.73 Å². The molecule has 1 aliphatic carbocycles. The van der Waals surface area contributed by atoms with Crippen LogP contribution in [-0.2, 0) is 10.0 Å². The van der Waals surface area contributed by atoms with E-state index in [1.807, 2.05) is 0 Å². The number of nitrogens with zero attached hydrogens (tertiary/aromatic N) is 3. The fourth-order valence-corrected chi connectivity index (χ4v) is 3.81. The molecule has 18 heavy (non-hydrogen) atoms. The van der Waals surface area contributed by atoms with Crippen molar-refractivity contribution < 1.29 is 8.42 Å². The van der Waals surface area contributed by atoms with E-state index in [0.717, 1.165) is 13.1 Å². The zero-order valence-corrected chi connectivity index (χ0v) is 10.9. The van der Waals surface area contributed by atoms with Gasteiger partial charge < -0.3 is 5.73 Å². The molecule has 1 saturated carbocycles. The second-order valence-corrected chi connectivity index (χ2v) is 6.73. The quantitative estimate of drug-likeness (QED) is 0.770. The van der Waals surface area contributed by atoms with Crippen LogP contribution in [0, 0.1) is 0 Å². The van der Waals surface area contributed by atoms with Gasteiger partial charge in [-0.25, -0.2) is 8.42 Å². The van der Waals surface area contributed by atoms with Crippen molar-refractivity contribution >= 4 is 15.8 Å². The summed E-state index contributed by atoms with van der Waals surface area (Å²) in [5.74, 6) is 0.111. The Balaban J connectivity index is 1.73. The van der Waals surface area contributed by atoms with Crippen molar-refractivity contribution in [2.24, 2.45) is 0 Å². The third-order valence-electron chi connectivity index (χ3n) is 3.59. The van der Waals surface area contributed by atoms with Crippen LogP contribution < -0.4 is 5.73 Å². The maximum absolute atomic E-state index is 12.3. The van der Waals surface area contributed by atoms with Crippen LogP contribution in [0.1, 0.15) is 12.8 Å². The molecular formula is C10H17N5O2S. The zero-order valence-electron chi connectivity index (χ0n) is 10.0. The van der Waals surface area contributed by atoms with Crippen LogP contribution in [0.2, 0.25) is 0 Å². The summed E-state index contributed by atoms with van der Waals surface area (Å²) in [5, 5.41) is 6.13. The number of sulfonamides is 1. The minimum atomic E-state index is -3.49. The van der Waals surface area contributed by atoms with Crippen LogP contribution >= 0.6 is 0 Å². The van der Waals surface area contributed by atoms with Gasteiger partial charge >= 0.3 is 0 Å². The standard InChI is InChI=1S/C10H17N5O2S/c11-10-9(7-12-13-10)18(16,17)15-5-3-14(4-6-15)8-1-2-8/h7-8H,1-6H2,(H3,11,12,13). The molecule has 0 aromatic carbocycles. The average molecular weight is 271 g/mol. The Hall–Kier alpha value is -1.12. The molecule has 1 aromatic heterocycles. The van der Waals surface area contributed by atoms with E-state index in [-0.39, 0.29) is 10.7 Å². The second-order valence-electron chi connectivity index (χ2n) is 4.82. The highest BCUT2D eigenvalue weighted by atomic mass is 32.2. The van der Waals surface area contributed by atoms with E-state index in [2.05, 4.69) is 15.1 Å². The molecular weight excluding hydrogens is 254 g/mol. The monoisotopic (exact) mass is 271 g/mol. The van der Waals surface area contributed by atoms with Gasteiger partial charge in [-0.3, -0.25) is 10.00 Å². The maximum Gasteiger partial charge on any atom is 0.248 e. The van der Waals surface area contributed by atoms with Gasteiger partial charge in [-0.05, 0) is 12.8 Å². The van der Waals surface area contributed by atoms with Gasteiger partial charge in [0.2, 0.25) is 10.0 Å². The number of aromatic amines is 1. The first-order valence-electron chi connectivity index (χ1n) is 6.12. The number of hydrogen-bond acceptors (Lipinski definition) is 5. The maximum atomic E-state index is 12.3. The summed E-state index contributed by atoms with van der Waals surface area (Å²) in [6.07, 6.45) is 3.78. The molecule has 0 amide bonds. The van der Waals surface area contributed by atoms with Crippen molar-refractivity contribution in [3.05, 3.63) is 6.20 Å². The van der Waals surface area contributed by atoms with Crippen molar-refractivity contribution in [3.8, 4) is 0 Å². The van der Waals surface area contributed by atoms with Crippen LogP contribution in [0.15, 0.2) is 11.1 Å². The number of hydrogen-bond donors (Lipinski definition) is 2. The number of nitrogens with one attached hydrogen (secondary N) is 1. The lowest BCUT2D eigenvalue weighted by Crippen LogP contribution is -2.49. The Labute approximate surface area is 106 Å². The van der Waals surface area contributed by atoms with Crippen molar-refractivity contribution in [2.75, 3.05) is 31.9 Å². The number of nitrogens with two attached hydrogens (primary N) is 1. The lowest BCUT2D eigenvalue weighted by molar-refractivity contribution is 0.180. The molecule has 1 aromatic rings. The molecule has 0 bridgehead atoms. The molecule has 2 aliphatic rings. The summed E-state index contributed by atoms with van der Waals surface area (Å²) < 4.78 is 26.2. The fraction of sp³-hybridized carbons (Fsp3) is 0.700. The van der Waals surface area contributed by atoms with Gasteiger partial charge in [-0.1, -0.05) is 0 Å². The normalized spacial score (nSPS) is 23.3. The van der Waals surface area contributed by atoms with Crippen LogP contribution in [0.25, 0.3) is 0 Å². The van der Waals surface area contributed by atoms with Crippen molar-refractivity contribution in [2.45, 2.75) is 23.8 Å². The van der Waals surface area contributed by atoms with E-state index in [9.17, 15) is 8.42 Å². The van der Waals surface area contributed by atoms with Gasteiger partial charge in [-0.2, -0.15) is 9.40 Å². The molecule has 1 aliphatic heterocycles. The van der Waals surface area contributed by atoms with Crippen LogP contribution in [0.3, 0.4) is 0 Å². The van der Waals surface area contributed by atoms with Crippen molar-refractivity contribution in [3.63, 3.8) is 0 Å². The zero-order chi connectivity index (χ0) is 12.8.